The van der Waals surface area contributed by atoms with Crippen LogP contribution in [0.2, 0.25) is 5.02 Å². The van der Waals surface area contributed by atoms with Crippen LogP contribution in [-0.4, -0.2) is 16.0 Å². The smallest absolute Gasteiger partial charge is 0.120 e. The van der Waals surface area contributed by atoms with E-state index < -0.39 is 0 Å². The molecule has 2 aromatic rings. The minimum absolute atomic E-state index is 0.707. The first kappa shape index (κ1) is 10.8. The lowest BCUT2D eigenvalue weighted by Crippen LogP contribution is -2.16. The van der Waals surface area contributed by atoms with Crippen LogP contribution >= 0.6 is 11.6 Å². The van der Waals surface area contributed by atoms with Gasteiger partial charge in [0.05, 0.1) is 18.4 Å². The van der Waals surface area contributed by atoms with Crippen molar-refractivity contribution in [1.29, 1.82) is 0 Å². The molecule has 1 aromatic carbocycles. The molecule has 0 amide bonds. The lowest BCUT2D eigenvalue weighted by molar-refractivity contribution is 0.664. The number of rotatable bonds is 4. The summed E-state index contributed by atoms with van der Waals surface area (Å²) in [6, 6.07) is 8.47. The Bertz CT molecular complexity index is 500. The number of halogens is 1. The molecule has 0 spiro atoms. The van der Waals surface area contributed by atoms with Crippen LogP contribution in [0.3, 0.4) is 0 Å². The molecule has 1 aliphatic rings. The minimum atomic E-state index is 0.707. The molecule has 0 radical (unpaired) electrons. The van der Waals surface area contributed by atoms with E-state index in [1.165, 1.54) is 12.8 Å². The number of aromatic nitrogens is 2. The van der Waals surface area contributed by atoms with Gasteiger partial charge in [0.1, 0.15) is 5.82 Å². The first-order valence-electron chi connectivity index (χ1n) is 5.84. The van der Waals surface area contributed by atoms with Crippen molar-refractivity contribution in [3.05, 3.63) is 41.3 Å². The lowest BCUT2D eigenvalue weighted by Gasteiger charge is -1.99. The third kappa shape index (κ3) is 2.68. The average Bonchev–Trinajstić information content (AvgIpc) is 3.06. The molecule has 0 unspecified atom stereocenters. The molecule has 1 fully saturated rings. The van der Waals surface area contributed by atoms with Gasteiger partial charge in [0.25, 0.3) is 0 Å². The SMILES string of the molecule is Clc1ccc(-c2cnc(CNC3CC3)[nH]2)cc1. The third-order valence-electron chi connectivity index (χ3n) is 2.92. The predicted octanol–water partition coefficient (Wildman–Crippen LogP) is 2.98. The molecule has 88 valence electrons. The quantitative estimate of drug-likeness (QED) is 0.872. The topological polar surface area (TPSA) is 40.7 Å². The molecule has 0 saturated heterocycles. The number of aromatic amines is 1. The molecule has 3 nitrogen and oxygen atoms in total. The van der Waals surface area contributed by atoms with Gasteiger partial charge >= 0.3 is 0 Å². The van der Waals surface area contributed by atoms with E-state index >= 15 is 0 Å². The fraction of sp³-hybridized carbons (Fsp3) is 0.308. The van der Waals surface area contributed by atoms with Crippen LogP contribution in [-0.2, 0) is 6.54 Å². The molecule has 1 saturated carbocycles. The summed E-state index contributed by atoms with van der Waals surface area (Å²) < 4.78 is 0. The number of nitrogens with one attached hydrogen (secondary N) is 2. The van der Waals surface area contributed by atoms with Gasteiger partial charge in [-0.3, -0.25) is 0 Å². The van der Waals surface area contributed by atoms with Crippen molar-refractivity contribution in [2.24, 2.45) is 0 Å². The molecular formula is C13H14ClN3. The van der Waals surface area contributed by atoms with Crippen LogP contribution in [0.1, 0.15) is 18.7 Å². The zero-order valence-corrected chi connectivity index (χ0v) is 10.2. The van der Waals surface area contributed by atoms with Gasteiger partial charge in [-0.15, -0.1) is 0 Å². The van der Waals surface area contributed by atoms with Gasteiger partial charge in [0.2, 0.25) is 0 Å². The summed E-state index contributed by atoms with van der Waals surface area (Å²) >= 11 is 5.86. The van der Waals surface area contributed by atoms with Crippen LogP contribution in [0.4, 0.5) is 0 Å². The van der Waals surface area contributed by atoms with E-state index in [1.54, 1.807) is 0 Å². The van der Waals surface area contributed by atoms with Crippen LogP contribution in [0.5, 0.6) is 0 Å². The van der Waals surface area contributed by atoms with E-state index in [2.05, 4.69) is 15.3 Å². The predicted molar refractivity (Wildman–Crippen MR) is 68.9 cm³/mol. The standard InChI is InChI=1S/C13H14ClN3/c14-10-3-1-9(2-4-10)12-7-16-13(17-12)8-15-11-5-6-11/h1-4,7,11,15H,5-6,8H2,(H,16,17). The summed E-state index contributed by atoms with van der Waals surface area (Å²) in [4.78, 5) is 7.68. The monoisotopic (exact) mass is 247 g/mol. The summed E-state index contributed by atoms with van der Waals surface area (Å²) in [7, 11) is 0. The van der Waals surface area contributed by atoms with Crippen LogP contribution in [0.25, 0.3) is 11.3 Å². The zero-order valence-electron chi connectivity index (χ0n) is 9.41. The van der Waals surface area contributed by atoms with E-state index in [9.17, 15) is 0 Å². The molecule has 1 heterocycles. The normalized spacial score (nSPS) is 15.1. The van der Waals surface area contributed by atoms with Gasteiger partial charge in [-0.1, -0.05) is 23.7 Å². The van der Waals surface area contributed by atoms with Gasteiger partial charge in [-0.05, 0) is 30.5 Å². The van der Waals surface area contributed by atoms with Crippen molar-refractivity contribution in [3.63, 3.8) is 0 Å². The van der Waals surface area contributed by atoms with Crippen molar-refractivity contribution >= 4 is 11.6 Å². The summed E-state index contributed by atoms with van der Waals surface area (Å²) in [5, 5.41) is 4.19. The Hall–Kier alpha value is -1.32. The number of hydrogen-bond donors (Lipinski definition) is 2. The van der Waals surface area contributed by atoms with Gasteiger partial charge in [0.15, 0.2) is 0 Å². The van der Waals surface area contributed by atoms with Crippen LogP contribution in [0, 0.1) is 0 Å². The number of nitrogens with zero attached hydrogens (tertiary/aromatic N) is 1. The highest BCUT2D eigenvalue weighted by atomic mass is 35.5. The lowest BCUT2D eigenvalue weighted by atomic mass is 10.2. The molecule has 2 N–H and O–H groups in total. The Morgan fingerprint density at radius 1 is 1.29 bits per heavy atom. The second-order valence-corrected chi connectivity index (χ2v) is 4.84. The van der Waals surface area contributed by atoms with Crippen LogP contribution < -0.4 is 5.32 Å². The van der Waals surface area contributed by atoms with Crippen LogP contribution in [0.15, 0.2) is 30.5 Å². The van der Waals surface area contributed by atoms with Crippen molar-refractivity contribution < 1.29 is 0 Å². The Labute approximate surface area is 105 Å². The van der Waals surface area contributed by atoms with Crippen molar-refractivity contribution in [1.82, 2.24) is 15.3 Å². The maximum atomic E-state index is 5.86. The van der Waals surface area contributed by atoms with E-state index in [-0.39, 0.29) is 0 Å². The summed E-state index contributed by atoms with van der Waals surface area (Å²) in [6.07, 6.45) is 4.46. The van der Waals surface area contributed by atoms with Crippen molar-refractivity contribution in [2.75, 3.05) is 0 Å². The molecule has 0 aliphatic heterocycles. The number of benzene rings is 1. The van der Waals surface area contributed by atoms with E-state index in [0.29, 0.717) is 6.04 Å². The van der Waals surface area contributed by atoms with Gasteiger partial charge in [0, 0.05) is 11.1 Å². The molecule has 1 aliphatic carbocycles. The van der Waals surface area contributed by atoms with Gasteiger partial charge < -0.3 is 10.3 Å². The van der Waals surface area contributed by atoms with E-state index in [0.717, 1.165) is 28.6 Å². The van der Waals surface area contributed by atoms with E-state index in [4.69, 9.17) is 11.6 Å². The highest BCUT2D eigenvalue weighted by molar-refractivity contribution is 6.30. The highest BCUT2D eigenvalue weighted by Gasteiger charge is 2.20. The Morgan fingerprint density at radius 3 is 2.76 bits per heavy atom. The molecule has 3 rings (SSSR count). The largest absolute Gasteiger partial charge is 0.341 e. The maximum absolute atomic E-state index is 5.86. The fourth-order valence-electron chi connectivity index (χ4n) is 1.76. The van der Waals surface area contributed by atoms with Crippen molar-refractivity contribution in [3.8, 4) is 11.3 Å². The fourth-order valence-corrected chi connectivity index (χ4v) is 1.88. The minimum Gasteiger partial charge on any atom is -0.341 e. The first-order chi connectivity index (χ1) is 8.31. The molecule has 1 aromatic heterocycles. The first-order valence-corrected chi connectivity index (χ1v) is 6.22. The molecular weight excluding hydrogens is 234 g/mol. The van der Waals surface area contributed by atoms with E-state index in [1.807, 2.05) is 30.5 Å². The second-order valence-electron chi connectivity index (χ2n) is 4.41. The molecule has 17 heavy (non-hydrogen) atoms. The summed E-state index contributed by atoms with van der Waals surface area (Å²) in [6.45, 7) is 0.818. The second kappa shape index (κ2) is 4.51. The number of H-pyrrole nitrogens is 1. The third-order valence-corrected chi connectivity index (χ3v) is 3.17. The average molecular weight is 248 g/mol. The molecule has 0 bridgehead atoms. The Balaban J connectivity index is 1.72. The maximum Gasteiger partial charge on any atom is 0.120 e. The highest BCUT2D eigenvalue weighted by Crippen LogP contribution is 2.21. The van der Waals surface area contributed by atoms with Crippen molar-refractivity contribution in [2.45, 2.75) is 25.4 Å². The Morgan fingerprint density at radius 2 is 2.06 bits per heavy atom. The zero-order chi connectivity index (χ0) is 11.7. The van der Waals surface area contributed by atoms with Gasteiger partial charge in [-0.2, -0.15) is 0 Å². The number of imidazole rings is 1. The van der Waals surface area contributed by atoms with Gasteiger partial charge in [-0.25, -0.2) is 4.98 Å². The number of hydrogen-bond acceptors (Lipinski definition) is 2. The molecule has 0 atom stereocenters. The molecule has 4 heteroatoms. The Kier molecular flexibility index (Phi) is 2.87. The summed E-state index contributed by atoms with van der Waals surface area (Å²) in [5.41, 5.74) is 2.15. The summed E-state index contributed by atoms with van der Waals surface area (Å²) in [5.74, 6) is 0.988.